The van der Waals surface area contributed by atoms with E-state index in [1.807, 2.05) is 12.1 Å². The van der Waals surface area contributed by atoms with Crippen LogP contribution in [0.2, 0.25) is 0 Å². The van der Waals surface area contributed by atoms with Crippen LogP contribution in [0.5, 0.6) is 0 Å². The highest BCUT2D eigenvalue weighted by Crippen LogP contribution is 2.19. The van der Waals surface area contributed by atoms with E-state index in [2.05, 4.69) is 15.1 Å². The van der Waals surface area contributed by atoms with Gasteiger partial charge in [0.1, 0.15) is 0 Å². The molecule has 1 aromatic heterocycles. The van der Waals surface area contributed by atoms with E-state index in [4.69, 9.17) is 5.73 Å². The molecule has 1 unspecified atom stereocenters. The maximum atomic E-state index is 5.87. The summed E-state index contributed by atoms with van der Waals surface area (Å²) in [5.41, 5.74) is 5.87. The lowest BCUT2D eigenvalue weighted by Gasteiger charge is -2.20. The first-order valence-corrected chi connectivity index (χ1v) is 4.18. The third-order valence-electron chi connectivity index (χ3n) is 2.15. The lowest BCUT2D eigenvalue weighted by Crippen LogP contribution is -2.36. The fraction of sp³-hybridized carbons (Fsp3) is 0.500. The Balaban J connectivity index is 0.000000845. The molecule has 1 saturated heterocycles. The molecule has 80 valence electrons. The van der Waals surface area contributed by atoms with Gasteiger partial charge in [-0.25, -0.2) is 0 Å². The Morgan fingerprint density at radius 2 is 2.21 bits per heavy atom. The predicted molar refractivity (Wildman–Crippen MR) is 61.1 cm³/mol. The van der Waals surface area contributed by atoms with Crippen molar-refractivity contribution in [2.75, 3.05) is 11.4 Å². The van der Waals surface area contributed by atoms with Crippen molar-refractivity contribution in [3.8, 4) is 0 Å². The molecule has 14 heavy (non-hydrogen) atoms. The van der Waals surface area contributed by atoms with Crippen molar-refractivity contribution in [1.82, 2.24) is 10.2 Å². The van der Waals surface area contributed by atoms with Crippen LogP contribution in [0.4, 0.5) is 5.82 Å². The molecule has 0 amide bonds. The summed E-state index contributed by atoms with van der Waals surface area (Å²) in [6, 6.07) is 3.82. The summed E-state index contributed by atoms with van der Waals surface area (Å²) < 4.78 is 0. The molecule has 0 bridgehead atoms. The van der Waals surface area contributed by atoms with E-state index in [1.54, 1.807) is 6.20 Å². The van der Waals surface area contributed by atoms with E-state index in [-0.39, 0.29) is 31.0 Å². The predicted octanol–water partition coefficient (Wildman–Crippen LogP) is 1.21. The molecular formula is C8H14Cl2N4. The summed E-state index contributed by atoms with van der Waals surface area (Å²) in [6.45, 7) is 1.000. The minimum absolute atomic E-state index is 0. The van der Waals surface area contributed by atoms with Crippen molar-refractivity contribution in [3.63, 3.8) is 0 Å². The van der Waals surface area contributed by atoms with Crippen molar-refractivity contribution in [3.05, 3.63) is 18.3 Å². The number of nitrogens with zero attached hydrogens (tertiary/aromatic N) is 3. The van der Waals surface area contributed by atoms with Crippen LogP contribution in [0, 0.1) is 0 Å². The van der Waals surface area contributed by atoms with E-state index >= 15 is 0 Å². The number of aromatic nitrogens is 2. The third-order valence-corrected chi connectivity index (χ3v) is 2.15. The van der Waals surface area contributed by atoms with Crippen molar-refractivity contribution in [2.24, 2.45) is 5.73 Å². The Bertz CT molecular complexity index is 257. The second-order valence-electron chi connectivity index (χ2n) is 2.98. The standard InChI is InChI=1S/C8H12N4.2ClH/c9-7-3-2-6-12(7)8-4-1-5-10-11-8;;/h1,4-5,7H,2-3,6,9H2;2*1H. The SMILES string of the molecule is Cl.Cl.NC1CCCN1c1cccnn1. The highest BCUT2D eigenvalue weighted by atomic mass is 35.5. The maximum absolute atomic E-state index is 5.87. The monoisotopic (exact) mass is 236 g/mol. The van der Waals surface area contributed by atoms with Gasteiger partial charge in [0.15, 0.2) is 5.82 Å². The van der Waals surface area contributed by atoms with Crippen LogP contribution in [0.3, 0.4) is 0 Å². The van der Waals surface area contributed by atoms with Crippen LogP contribution in [0.1, 0.15) is 12.8 Å². The van der Waals surface area contributed by atoms with Gasteiger partial charge in [-0.15, -0.1) is 29.9 Å². The molecule has 6 heteroatoms. The van der Waals surface area contributed by atoms with Gasteiger partial charge in [0, 0.05) is 12.7 Å². The second kappa shape index (κ2) is 6.01. The first kappa shape index (κ1) is 13.4. The van der Waals surface area contributed by atoms with Gasteiger partial charge >= 0.3 is 0 Å². The van der Waals surface area contributed by atoms with Gasteiger partial charge in [0.05, 0.1) is 6.17 Å². The number of rotatable bonds is 1. The van der Waals surface area contributed by atoms with Crippen molar-refractivity contribution < 1.29 is 0 Å². The minimum atomic E-state index is 0. The number of halogens is 2. The average Bonchev–Trinajstić information content (AvgIpc) is 2.53. The lowest BCUT2D eigenvalue weighted by molar-refractivity contribution is 0.689. The zero-order valence-electron chi connectivity index (χ0n) is 7.67. The molecule has 1 atom stereocenters. The van der Waals surface area contributed by atoms with Crippen molar-refractivity contribution in [1.29, 1.82) is 0 Å². The molecule has 0 aromatic carbocycles. The van der Waals surface area contributed by atoms with Gasteiger partial charge in [0.2, 0.25) is 0 Å². The van der Waals surface area contributed by atoms with Gasteiger partial charge in [-0.05, 0) is 25.0 Å². The fourth-order valence-electron chi connectivity index (χ4n) is 1.52. The molecule has 1 fully saturated rings. The van der Waals surface area contributed by atoms with Crippen molar-refractivity contribution in [2.45, 2.75) is 19.0 Å². The van der Waals surface area contributed by atoms with Gasteiger partial charge in [-0.1, -0.05) is 0 Å². The molecule has 1 aliphatic rings. The van der Waals surface area contributed by atoms with Crippen LogP contribution < -0.4 is 10.6 Å². The molecule has 1 aliphatic heterocycles. The second-order valence-corrected chi connectivity index (χ2v) is 2.98. The summed E-state index contributed by atoms with van der Waals surface area (Å²) in [7, 11) is 0. The topological polar surface area (TPSA) is 55.0 Å². The molecule has 2 rings (SSSR count). The van der Waals surface area contributed by atoms with Crippen LogP contribution >= 0.6 is 24.8 Å². The first-order valence-electron chi connectivity index (χ1n) is 4.18. The zero-order valence-corrected chi connectivity index (χ0v) is 9.30. The van der Waals surface area contributed by atoms with Crippen LogP contribution in [0.15, 0.2) is 18.3 Å². The Morgan fingerprint density at radius 1 is 1.43 bits per heavy atom. The number of hydrogen-bond acceptors (Lipinski definition) is 4. The average molecular weight is 237 g/mol. The van der Waals surface area contributed by atoms with E-state index in [1.165, 1.54) is 0 Å². The van der Waals surface area contributed by atoms with Gasteiger partial charge in [0.25, 0.3) is 0 Å². The number of anilines is 1. The van der Waals surface area contributed by atoms with Crippen molar-refractivity contribution >= 4 is 30.6 Å². The first-order chi connectivity index (χ1) is 5.88. The van der Waals surface area contributed by atoms with Crippen LogP contribution in [-0.2, 0) is 0 Å². The number of nitrogens with two attached hydrogens (primary N) is 1. The summed E-state index contributed by atoms with van der Waals surface area (Å²) in [4.78, 5) is 2.09. The molecule has 0 saturated carbocycles. The largest absolute Gasteiger partial charge is 0.340 e. The maximum Gasteiger partial charge on any atom is 0.152 e. The minimum Gasteiger partial charge on any atom is -0.340 e. The van der Waals surface area contributed by atoms with Gasteiger partial charge < -0.3 is 10.6 Å². The van der Waals surface area contributed by atoms with E-state index in [0.29, 0.717) is 0 Å². The molecule has 1 aromatic rings. The number of hydrogen-bond donors (Lipinski definition) is 1. The zero-order chi connectivity index (χ0) is 8.39. The van der Waals surface area contributed by atoms with E-state index in [0.717, 1.165) is 25.2 Å². The van der Waals surface area contributed by atoms with E-state index in [9.17, 15) is 0 Å². The third kappa shape index (κ3) is 2.70. The summed E-state index contributed by atoms with van der Waals surface area (Å²) in [6.07, 6.45) is 4.00. The van der Waals surface area contributed by atoms with Crippen LogP contribution in [-0.4, -0.2) is 22.9 Å². The molecule has 0 aliphatic carbocycles. The molecule has 0 spiro atoms. The quantitative estimate of drug-likeness (QED) is 0.797. The Hall–Kier alpha value is -0.580. The van der Waals surface area contributed by atoms with E-state index < -0.39 is 0 Å². The van der Waals surface area contributed by atoms with Gasteiger partial charge in [-0.3, -0.25) is 0 Å². The highest BCUT2D eigenvalue weighted by molar-refractivity contribution is 5.85. The molecule has 2 N–H and O–H groups in total. The normalized spacial score (nSPS) is 19.8. The van der Waals surface area contributed by atoms with Gasteiger partial charge in [-0.2, -0.15) is 5.10 Å². The van der Waals surface area contributed by atoms with Crippen LogP contribution in [0.25, 0.3) is 0 Å². The summed E-state index contributed by atoms with van der Waals surface area (Å²) in [5, 5.41) is 7.82. The molecule has 0 radical (unpaired) electrons. The molecular weight excluding hydrogens is 223 g/mol. The smallest absolute Gasteiger partial charge is 0.152 e. The fourth-order valence-corrected chi connectivity index (χ4v) is 1.52. The molecule has 4 nitrogen and oxygen atoms in total. The highest BCUT2D eigenvalue weighted by Gasteiger charge is 2.21. The Morgan fingerprint density at radius 3 is 2.71 bits per heavy atom. The Kier molecular flexibility index (Phi) is 5.76. The lowest BCUT2D eigenvalue weighted by atomic mass is 10.3. The Labute approximate surface area is 95.7 Å². The summed E-state index contributed by atoms with van der Waals surface area (Å²) in [5.74, 6) is 0.891. The molecule has 2 heterocycles. The summed E-state index contributed by atoms with van der Waals surface area (Å²) >= 11 is 0.